The van der Waals surface area contributed by atoms with E-state index in [4.69, 9.17) is 4.42 Å². The lowest BCUT2D eigenvalue weighted by Gasteiger charge is -2.21. The molecule has 3 heterocycles. The molecule has 3 aromatic rings. The summed E-state index contributed by atoms with van der Waals surface area (Å²) in [6, 6.07) is 10.4. The highest BCUT2D eigenvalue weighted by Gasteiger charge is 2.20. The number of nitrogens with zero attached hydrogens (tertiary/aromatic N) is 3. The van der Waals surface area contributed by atoms with Gasteiger partial charge in [0.15, 0.2) is 0 Å². The van der Waals surface area contributed by atoms with Crippen molar-refractivity contribution in [1.82, 2.24) is 14.7 Å². The van der Waals surface area contributed by atoms with E-state index in [1.165, 1.54) is 16.8 Å². The molecule has 3 rings (SSSR count). The van der Waals surface area contributed by atoms with Gasteiger partial charge in [-0.15, -0.1) is 11.3 Å². The summed E-state index contributed by atoms with van der Waals surface area (Å²) in [5, 5.41) is 6.20. The first-order valence-corrected chi connectivity index (χ1v) is 8.97. The Hall–Kier alpha value is -2.67. The fourth-order valence-electron chi connectivity index (χ4n) is 2.48. The maximum atomic E-state index is 13.0. The summed E-state index contributed by atoms with van der Waals surface area (Å²) in [4.78, 5) is 27.6. The Morgan fingerprint density at radius 1 is 1.24 bits per heavy atom. The summed E-state index contributed by atoms with van der Waals surface area (Å²) in [5.74, 6) is 0.474. The van der Waals surface area contributed by atoms with Crippen molar-refractivity contribution in [3.05, 3.63) is 74.7 Å². The molecule has 0 radical (unpaired) electrons. The largest absolute Gasteiger partial charge is 0.467 e. The summed E-state index contributed by atoms with van der Waals surface area (Å²) in [6.07, 6.45) is 2.36. The minimum Gasteiger partial charge on any atom is -0.467 e. The zero-order valence-electron chi connectivity index (χ0n) is 13.9. The van der Waals surface area contributed by atoms with Crippen LogP contribution >= 0.6 is 11.3 Å². The van der Waals surface area contributed by atoms with Crippen LogP contribution in [0, 0.1) is 0 Å². The van der Waals surface area contributed by atoms with E-state index in [-0.39, 0.29) is 17.2 Å². The third-order valence-electron chi connectivity index (χ3n) is 3.66. The minimum atomic E-state index is -0.227. The number of carbonyl (C=O) groups excluding carboxylic acids is 1. The van der Waals surface area contributed by atoms with Gasteiger partial charge in [-0.05, 0) is 36.1 Å². The fourth-order valence-corrected chi connectivity index (χ4v) is 3.20. The van der Waals surface area contributed by atoms with E-state index in [2.05, 4.69) is 5.10 Å². The summed E-state index contributed by atoms with van der Waals surface area (Å²) < 4.78 is 6.72. The van der Waals surface area contributed by atoms with Gasteiger partial charge in [-0.1, -0.05) is 13.0 Å². The van der Waals surface area contributed by atoms with Crippen molar-refractivity contribution in [2.24, 2.45) is 0 Å². The van der Waals surface area contributed by atoms with Crippen LogP contribution < -0.4 is 5.56 Å². The second-order valence-electron chi connectivity index (χ2n) is 5.60. The molecule has 0 aliphatic carbocycles. The number of aromatic nitrogens is 2. The van der Waals surface area contributed by atoms with E-state index in [1.54, 1.807) is 28.6 Å². The second-order valence-corrected chi connectivity index (χ2v) is 6.63. The Kier molecular flexibility index (Phi) is 5.45. The van der Waals surface area contributed by atoms with Crippen molar-refractivity contribution in [2.45, 2.75) is 33.0 Å². The summed E-state index contributed by atoms with van der Waals surface area (Å²) in [7, 11) is 0. The van der Waals surface area contributed by atoms with Gasteiger partial charge < -0.3 is 9.32 Å². The van der Waals surface area contributed by atoms with Gasteiger partial charge in [-0.25, -0.2) is 4.68 Å². The molecule has 6 nitrogen and oxygen atoms in total. The van der Waals surface area contributed by atoms with Crippen molar-refractivity contribution < 1.29 is 9.21 Å². The zero-order chi connectivity index (χ0) is 17.6. The van der Waals surface area contributed by atoms with Crippen LogP contribution in [0.4, 0.5) is 0 Å². The first-order valence-electron chi connectivity index (χ1n) is 8.09. The maximum absolute atomic E-state index is 13.0. The van der Waals surface area contributed by atoms with E-state index in [0.29, 0.717) is 25.4 Å². The highest BCUT2D eigenvalue weighted by Crippen LogP contribution is 2.16. The third kappa shape index (κ3) is 4.24. The second kappa shape index (κ2) is 7.94. The first kappa shape index (κ1) is 17.2. The minimum absolute atomic E-state index is 0.200. The molecule has 0 fully saturated rings. The highest BCUT2D eigenvalue weighted by atomic mass is 32.1. The number of thiophene rings is 1. The van der Waals surface area contributed by atoms with Crippen LogP contribution in [0.15, 0.2) is 57.3 Å². The summed E-state index contributed by atoms with van der Waals surface area (Å²) in [5.41, 5.74) is 0.0606. The van der Waals surface area contributed by atoms with Crippen molar-refractivity contribution in [3.8, 4) is 0 Å². The molecule has 0 bridgehead atoms. The molecular formula is C18H19N3O3S. The van der Waals surface area contributed by atoms with Gasteiger partial charge in [0.1, 0.15) is 11.5 Å². The van der Waals surface area contributed by atoms with Gasteiger partial charge in [0.2, 0.25) is 0 Å². The van der Waals surface area contributed by atoms with Crippen LogP contribution in [0.2, 0.25) is 0 Å². The van der Waals surface area contributed by atoms with E-state index in [0.717, 1.165) is 11.3 Å². The SMILES string of the molecule is CCCn1nc(C(=O)N(Cc2ccco2)Cc2cccs2)ccc1=O. The molecule has 3 aromatic heterocycles. The highest BCUT2D eigenvalue weighted by molar-refractivity contribution is 7.09. The van der Waals surface area contributed by atoms with E-state index in [1.807, 2.05) is 30.5 Å². The first-order chi connectivity index (χ1) is 12.2. The molecular weight excluding hydrogens is 338 g/mol. The Labute approximate surface area is 149 Å². The molecule has 0 saturated carbocycles. The fraction of sp³-hybridized carbons (Fsp3) is 0.278. The number of rotatable bonds is 7. The van der Waals surface area contributed by atoms with Crippen molar-refractivity contribution in [3.63, 3.8) is 0 Å². The number of aryl methyl sites for hydroxylation is 1. The van der Waals surface area contributed by atoms with Crippen molar-refractivity contribution >= 4 is 17.2 Å². The molecule has 1 amide bonds. The lowest BCUT2D eigenvalue weighted by Crippen LogP contribution is -2.33. The number of hydrogen-bond donors (Lipinski definition) is 0. The van der Waals surface area contributed by atoms with Crippen LogP contribution in [0.1, 0.15) is 34.5 Å². The predicted octanol–water partition coefficient (Wildman–Crippen LogP) is 3.15. The molecule has 0 aliphatic heterocycles. The molecule has 0 spiro atoms. The molecule has 0 atom stereocenters. The number of carbonyl (C=O) groups is 1. The summed E-state index contributed by atoms with van der Waals surface area (Å²) in [6.45, 7) is 3.26. The van der Waals surface area contributed by atoms with Gasteiger partial charge in [0, 0.05) is 17.5 Å². The normalized spacial score (nSPS) is 10.8. The van der Waals surface area contributed by atoms with Gasteiger partial charge in [0.25, 0.3) is 11.5 Å². The number of amides is 1. The maximum Gasteiger partial charge on any atom is 0.275 e. The standard InChI is InChI=1S/C18H19N3O3S/c1-2-9-21-17(22)8-7-16(19-21)18(23)20(12-14-5-3-10-24-14)13-15-6-4-11-25-15/h3-8,10-11H,2,9,12-13H2,1H3. The predicted molar refractivity (Wildman–Crippen MR) is 95.4 cm³/mol. The Bertz CT molecular complexity index is 833. The third-order valence-corrected chi connectivity index (χ3v) is 4.52. The van der Waals surface area contributed by atoms with Crippen LogP contribution in [0.5, 0.6) is 0 Å². The Morgan fingerprint density at radius 2 is 2.12 bits per heavy atom. The lowest BCUT2D eigenvalue weighted by atomic mass is 10.3. The molecule has 0 unspecified atom stereocenters. The molecule has 0 aromatic carbocycles. The molecule has 0 N–H and O–H groups in total. The van der Waals surface area contributed by atoms with Crippen molar-refractivity contribution in [1.29, 1.82) is 0 Å². The van der Waals surface area contributed by atoms with Gasteiger partial charge in [-0.3, -0.25) is 9.59 Å². The van der Waals surface area contributed by atoms with Crippen LogP contribution in [0.25, 0.3) is 0 Å². The van der Waals surface area contributed by atoms with E-state index in [9.17, 15) is 9.59 Å². The van der Waals surface area contributed by atoms with Gasteiger partial charge >= 0.3 is 0 Å². The summed E-state index contributed by atoms with van der Waals surface area (Å²) >= 11 is 1.59. The van der Waals surface area contributed by atoms with Gasteiger partial charge in [0.05, 0.1) is 19.4 Å². The molecule has 130 valence electrons. The molecule has 0 saturated heterocycles. The smallest absolute Gasteiger partial charge is 0.275 e. The zero-order valence-corrected chi connectivity index (χ0v) is 14.7. The Morgan fingerprint density at radius 3 is 2.80 bits per heavy atom. The molecule has 7 heteroatoms. The van der Waals surface area contributed by atoms with Crippen molar-refractivity contribution in [2.75, 3.05) is 0 Å². The molecule has 25 heavy (non-hydrogen) atoms. The van der Waals surface area contributed by atoms with Crippen LogP contribution in [0.3, 0.4) is 0 Å². The average Bonchev–Trinajstić information content (AvgIpc) is 3.30. The van der Waals surface area contributed by atoms with Crippen LogP contribution in [-0.2, 0) is 19.6 Å². The van der Waals surface area contributed by atoms with E-state index < -0.39 is 0 Å². The Balaban J connectivity index is 1.87. The van der Waals surface area contributed by atoms with Crippen LogP contribution in [-0.4, -0.2) is 20.6 Å². The average molecular weight is 357 g/mol. The topological polar surface area (TPSA) is 68.3 Å². The van der Waals surface area contributed by atoms with Gasteiger partial charge in [-0.2, -0.15) is 5.10 Å². The number of furan rings is 1. The lowest BCUT2D eigenvalue weighted by molar-refractivity contribution is 0.0710. The molecule has 0 aliphatic rings. The number of hydrogen-bond acceptors (Lipinski definition) is 5. The quantitative estimate of drug-likeness (QED) is 0.651. The van der Waals surface area contributed by atoms with E-state index >= 15 is 0 Å². The monoisotopic (exact) mass is 357 g/mol.